The van der Waals surface area contributed by atoms with Crippen molar-refractivity contribution < 1.29 is 4.74 Å². The van der Waals surface area contributed by atoms with Crippen molar-refractivity contribution in [1.29, 1.82) is 0 Å². The topological polar surface area (TPSA) is 34.1 Å². The molecule has 5 heteroatoms. The number of pyridine rings is 1. The molecule has 100 valence electrons. The first-order valence-corrected chi connectivity index (χ1v) is 6.63. The number of anilines is 1. The molecule has 0 unspecified atom stereocenters. The van der Waals surface area contributed by atoms with Gasteiger partial charge in [-0.1, -0.05) is 35.3 Å². The predicted octanol–water partition coefficient (Wildman–Crippen LogP) is 4.05. The SMILES string of the molecule is COc1cccc(NCCc2ccc(Cl)cc2Cl)n1. The predicted molar refractivity (Wildman–Crippen MR) is 79.4 cm³/mol. The summed E-state index contributed by atoms with van der Waals surface area (Å²) in [5.74, 6) is 1.37. The van der Waals surface area contributed by atoms with Gasteiger partial charge >= 0.3 is 0 Å². The summed E-state index contributed by atoms with van der Waals surface area (Å²) in [7, 11) is 1.60. The van der Waals surface area contributed by atoms with Crippen LogP contribution in [-0.4, -0.2) is 18.6 Å². The van der Waals surface area contributed by atoms with Crippen LogP contribution in [-0.2, 0) is 6.42 Å². The van der Waals surface area contributed by atoms with Crippen LogP contribution >= 0.6 is 23.2 Å². The van der Waals surface area contributed by atoms with Crippen LogP contribution in [0.1, 0.15) is 5.56 Å². The second-order valence-electron chi connectivity index (χ2n) is 3.98. The van der Waals surface area contributed by atoms with E-state index in [1.54, 1.807) is 19.2 Å². The van der Waals surface area contributed by atoms with Crippen LogP contribution in [0.2, 0.25) is 10.0 Å². The van der Waals surface area contributed by atoms with Crippen molar-refractivity contribution in [3.8, 4) is 5.88 Å². The van der Waals surface area contributed by atoms with Crippen LogP contribution in [0.5, 0.6) is 5.88 Å². The van der Waals surface area contributed by atoms with E-state index in [9.17, 15) is 0 Å². The Morgan fingerprint density at radius 1 is 1.21 bits per heavy atom. The molecule has 0 bridgehead atoms. The highest BCUT2D eigenvalue weighted by Crippen LogP contribution is 2.21. The van der Waals surface area contributed by atoms with Gasteiger partial charge in [-0.15, -0.1) is 0 Å². The smallest absolute Gasteiger partial charge is 0.214 e. The van der Waals surface area contributed by atoms with Crippen molar-refractivity contribution >= 4 is 29.0 Å². The molecule has 0 saturated heterocycles. The number of benzene rings is 1. The number of nitrogens with zero attached hydrogens (tertiary/aromatic N) is 1. The van der Waals surface area contributed by atoms with Crippen molar-refractivity contribution in [2.45, 2.75) is 6.42 Å². The number of rotatable bonds is 5. The van der Waals surface area contributed by atoms with Crippen molar-refractivity contribution in [1.82, 2.24) is 4.98 Å². The van der Waals surface area contributed by atoms with Crippen LogP contribution in [0.4, 0.5) is 5.82 Å². The Morgan fingerprint density at radius 3 is 2.79 bits per heavy atom. The second kappa shape index (κ2) is 6.64. The van der Waals surface area contributed by atoms with Crippen molar-refractivity contribution in [3.05, 3.63) is 52.0 Å². The Kier molecular flexibility index (Phi) is 4.88. The first-order valence-electron chi connectivity index (χ1n) is 5.88. The fourth-order valence-corrected chi connectivity index (χ4v) is 2.18. The van der Waals surface area contributed by atoms with E-state index in [1.165, 1.54) is 0 Å². The normalized spacial score (nSPS) is 10.3. The Hall–Kier alpha value is -1.45. The lowest BCUT2D eigenvalue weighted by Crippen LogP contribution is -2.06. The Balaban J connectivity index is 1.92. The molecule has 0 fully saturated rings. The number of halogens is 2. The summed E-state index contributed by atoms with van der Waals surface area (Å²) in [5.41, 5.74) is 1.06. The van der Waals surface area contributed by atoms with Gasteiger partial charge in [0, 0.05) is 22.7 Å². The van der Waals surface area contributed by atoms with Crippen molar-refractivity contribution in [2.24, 2.45) is 0 Å². The zero-order chi connectivity index (χ0) is 13.7. The molecule has 2 aromatic rings. The van der Waals surface area contributed by atoms with Gasteiger partial charge in [0.2, 0.25) is 5.88 Å². The minimum atomic E-state index is 0.592. The van der Waals surface area contributed by atoms with E-state index in [0.717, 1.165) is 24.3 Å². The first-order chi connectivity index (χ1) is 9.19. The fourth-order valence-electron chi connectivity index (χ4n) is 1.68. The van der Waals surface area contributed by atoms with Gasteiger partial charge in [0.1, 0.15) is 5.82 Å². The maximum Gasteiger partial charge on any atom is 0.214 e. The summed E-state index contributed by atoms with van der Waals surface area (Å²) in [6.45, 7) is 0.738. The molecule has 3 nitrogen and oxygen atoms in total. The molecular formula is C14H14Cl2N2O. The Labute approximate surface area is 122 Å². The van der Waals surface area contributed by atoms with Gasteiger partial charge in [-0.2, -0.15) is 4.98 Å². The molecule has 1 aromatic heterocycles. The lowest BCUT2D eigenvalue weighted by atomic mass is 10.1. The zero-order valence-electron chi connectivity index (χ0n) is 10.5. The Bertz CT molecular complexity index is 561. The monoisotopic (exact) mass is 296 g/mol. The van der Waals surface area contributed by atoms with E-state index in [4.69, 9.17) is 27.9 Å². The second-order valence-corrected chi connectivity index (χ2v) is 4.82. The number of ether oxygens (including phenoxy) is 1. The minimum Gasteiger partial charge on any atom is -0.481 e. The molecule has 0 aliphatic heterocycles. The van der Waals surface area contributed by atoms with Gasteiger partial charge in [-0.3, -0.25) is 0 Å². The highest BCUT2D eigenvalue weighted by atomic mass is 35.5. The average molecular weight is 297 g/mol. The molecule has 0 amide bonds. The van der Waals surface area contributed by atoms with E-state index in [0.29, 0.717) is 15.9 Å². The number of hydrogen-bond donors (Lipinski definition) is 1. The van der Waals surface area contributed by atoms with Crippen LogP contribution in [0.25, 0.3) is 0 Å². The molecule has 0 aliphatic carbocycles. The highest BCUT2D eigenvalue weighted by molar-refractivity contribution is 6.35. The third-order valence-corrected chi connectivity index (χ3v) is 3.24. The van der Waals surface area contributed by atoms with Crippen LogP contribution in [0.15, 0.2) is 36.4 Å². The van der Waals surface area contributed by atoms with E-state index >= 15 is 0 Å². The zero-order valence-corrected chi connectivity index (χ0v) is 12.0. The quantitative estimate of drug-likeness (QED) is 0.904. The van der Waals surface area contributed by atoms with Gasteiger partial charge in [0.25, 0.3) is 0 Å². The lowest BCUT2D eigenvalue weighted by molar-refractivity contribution is 0.398. The summed E-state index contributed by atoms with van der Waals surface area (Å²) < 4.78 is 5.06. The van der Waals surface area contributed by atoms with Crippen molar-refractivity contribution in [3.63, 3.8) is 0 Å². The number of nitrogens with one attached hydrogen (secondary N) is 1. The highest BCUT2D eigenvalue weighted by Gasteiger charge is 2.02. The maximum absolute atomic E-state index is 6.11. The largest absolute Gasteiger partial charge is 0.481 e. The summed E-state index contributed by atoms with van der Waals surface area (Å²) in [6, 6.07) is 11.1. The third kappa shape index (κ3) is 4.01. The van der Waals surface area contributed by atoms with Gasteiger partial charge < -0.3 is 10.1 Å². The summed E-state index contributed by atoms with van der Waals surface area (Å²) in [5, 5.41) is 4.56. The average Bonchev–Trinajstić information content (AvgIpc) is 2.41. The molecule has 19 heavy (non-hydrogen) atoms. The summed E-state index contributed by atoms with van der Waals surface area (Å²) in [6.07, 6.45) is 0.800. The molecule has 1 heterocycles. The summed E-state index contributed by atoms with van der Waals surface area (Å²) in [4.78, 5) is 4.27. The van der Waals surface area contributed by atoms with E-state index in [1.807, 2.05) is 24.3 Å². The van der Waals surface area contributed by atoms with Crippen LogP contribution < -0.4 is 10.1 Å². The first kappa shape index (κ1) is 14.0. The molecule has 1 aromatic carbocycles. The molecular weight excluding hydrogens is 283 g/mol. The maximum atomic E-state index is 6.11. The molecule has 0 atom stereocenters. The van der Waals surface area contributed by atoms with E-state index < -0.39 is 0 Å². The van der Waals surface area contributed by atoms with Crippen molar-refractivity contribution in [2.75, 3.05) is 19.0 Å². The van der Waals surface area contributed by atoms with Gasteiger partial charge in [-0.05, 0) is 30.2 Å². The summed E-state index contributed by atoms with van der Waals surface area (Å²) >= 11 is 12.0. The van der Waals surface area contributed by atoms with Gasteiger partial charge in [0.05, 0.1) is 7.11 Å². The van der Waals surface area contributed by atoms with Crippen LogP contribution in [0.3, 0.4) is 0 Å². The molecule has 0 aliphatic rings. The molecule has 0 radical (unpaired) electrons. The van der Waals surface area contributed by atoms with Gasteiger partial charge in [0.15, 0.2) is 0 Å². The standard InChI is InChI=1S/C14H14Cl2N2O/c1-19-14-4-2-3-13(18-14)17-8-7-10-5-6-11(15)9-12(10)16/h2-6,9H,7-8H2,1H3,(H,17,18). The molecule has 1 N–H and O–H groups in total. The molecule has 0 saturated carbocycles. The molecule has 0 spiro atoms. The fraction of sp³-hybridized carbons (Fsp3) is 0.214. The van der Waals surface area contributed by atoms with E-state index in [2.05, 4.69) is 10.3 Å². The lowest BCUT2D eigenvalue weighted by Gasteiger charge is -2.08. The minimum absolute atomic E-state index is 0.592. The number of hydrogen-bond acceptors (Lipinski definition) is 3. The molecule has 2 rings (SSSR count). The Morgan fingerprint density at radius 2 is 2.05 bits per heavy atom. The van der Waals surface area contributed by atoms with E-state index in [-0.39, 0.29) is 0 Å². The van der Waals surface area contributed by atoms with Crippen LogP contribution in [0, 0.1) is 0 Å². The third-order valence-electron chi connectivity index (χ3n) is 2.65. The number of methoxy groups -OCH3 is 1. The van der Waals surface area contributed by atoms with Gasteiger partial charge in [-0.25, -0.2) is 0 Å². The number of aromatic nitrogens is 1.